The molecular weight excluding hydrogens is 241 g/mol. The molecule has 0 N–H and O–H groups in total. The van der Waals surface area contributed by atoms with Gasteiger partial charge in [0.25, 0.3) is 0 Å². The van der Waals surface area contributed by atoms with Gasteiger partial charge in [0.2, 0.25) is 0 Å². The SMILES string of the molecule is CCCN(CC(F)(F)F)c1ncc(C=O)s1. The van der Waals surface area contributed by atoms with Crippen LogP contribution < -0.4 is 4.90 Å². The molecule has 0 amide bonds. The topological polar surface area (TPSA) is 33.2 Å². The van der Waals surface area contributed by atoms with Crippen LogP contribution in [0.3, 0.4) is 0 Å². The Bertz CT molecular complexity index is 351. The van der Waals surface area contributed by atoms with Crippen molar-refractivity contribution in [3.63, 3.8) is 0 Å². The van der Waals surface area contributed by atoms with E-state index < -0.39 is 12.7 Å². The molecule has 0 radical (unpaired) electrons. The lowest BCUT2D eigenvalue weighted by Crippen LogP contribution is -2.34. The van der Waals surface area contributed by atoms with Gasteiger partial charge in [0.1, 0.15) is 6.54 Å². The highest BCUT2D eigenvalue weighted by Crippen LogP contribution is 2.25. The highest BCUT2D eigenvalue weighted by Gasteiger charge is 2.31. The minimum absolute atomic E-state index is 0.237. The number of thiazole rings is 1. The van der Waals surface area contributed by atoms with Crippen LogP contribution in [0.5, 0.6) is 0 Å². The molecular formula is C9H11F3N2OS. The maximum atomic E-state index is 12.3. The van der Waals surface area contributed by atoms with E-state index >= 15 is 0 Å². The smallest absolute Gasteiger partial charge is 0.339 e. The van der Waals surface area contributed by atoms with Crippen molar-refractivity contribution in [2.24, 2.45) is 0 Å². The number of rotatable bonds is 5. The van der Waals surface area contributed by atoms with Crippen molar-refractivity contribution in [2.45, 2.75) is 19.5 Å². The van der Waals surface area contributed by atoms with E-state index in [0.717, 1.165) is 16.2 Å². The Morgan fingerprint density at radius 1 is 1.56 bits per heavy atom. The van der Waals surface area contributed by atoms with E-state index in [2.05, 4.69) is 4.98 Å². The maximum Gasteiger partial charge on any atom is 0.406 e. The summed E-state index contributed by atoms with van der Waals surface area (Å²) in [7, 11) is 0. The summed E-state index contributed by atoms with van der Waals surface area (Å²) in [6, 6.07) is 0. The number of halogens is 3. The molecule has 0 atom stereocenters. The molecule has 90 valence electrons. The summed E-state index contributed by atoms with van der Waals surface area (Å²) in [6.45, 7) is 1.02. The molecule has 0 saturated heterocycles. The van der Waals surface area contributed by atoms with Crippen LogP contribution >= 0.6 is 11.3 Å². The largest absolute Gasteiger partial charge is 0.406 e. The van der Waals surface area contributed by atoms with Crippen molar-refractivity contribution >= 4 is 22.8 Å². The number of nitrogens with zero attached hydrogens (tertiary/aromatic N) is 2. The molecule has 3 nitrogen and oxygen atoms in total. The van der Waals surface area contributed by atoms with Crippen molar-refractivity contribution in [1.82, 2.24) is 4.98 Å². The Morgan fingerprint density at radius 3 is 2.69 bits per heavy atom. The lowest BCUT2D eigenvalue weighted by atomic mass is 10.4. The monoisotopic (exact) mass is 252 g/mol. The molecule has 0 spiro atoms. The van der Waals surface area contributed by atoms with Crippen LogP contribution in [0.1, 0.15) is 23.0 Å². The van der Waals surface area contributed by atoms with E-state index in [1.54, 1.807) is 6.92 Å². The molecule has 0 aliphatic rings. The van der Waals surface area contributed by atoms with Crippen LogP contribution in [-0.2, 0) is 0 Å². The number of aldehydes is 1. The maximum absolute atomic E-state index is 12.3. The van der Waals surface area contributed by atoms with Crippen LogP contribution in [0, 0.1) is 0 Å². The minimum Gasteiger partial charge on any atom is -0.339 e. The van der Waals surface area contributed by atoms with Gasteiger partial charge in [0.05, 0.1) is 11.1 Å². The minimum atomic E-state index is -4.26. The van der Waals surface area contributed by atoms with Crippen molar-refractivity contribution < 1.29 is 18.0 Å². The van der Waals surface area contributed by atoms with Gasteiger partial charge in [0.15, 0.2) is 11.4 Å². The van der Waals surface area contributed by atoms with E-state index in [1.807, 2.05) is 0 Å². The predicted octanol–water partition coefficient (Wildman–Crippen LogP) is 2.73. The summed E-state index contributed by atoms with van der Waals surface area (Å²) >= 11 is 0.968. The number of anilines is 1. The van der Waals surface area contributed by atoms with Gasteiger partial charge in [-0.2, -0.15) is 13.2 Å². The first-order chi connectivity index (χ1) is 7.46. The van der Waals surface area contributed by atoms with Gasteiger partial charge in [0, 0.05) is 6.54 Å². The zero-order chi connectivity index (χ0) is 12.2. The average Bonchev–Trinajstić information content (AvgIpc) is 2.63. The molecule has 0 aliphatic carbocycles. The normalized spacial score (nSPS) is 11.5. The summed E-state index contributed by atoms with van der Waals surface area (Å²) in [5.74, 6) is 0. The van der Waals surface area contributed by atoms with Crippen molar-refractivity contribution in [3.05, 3.63) is 11.1 Å². The van der Waals surface area contributed by atoms with Crippen LogP contribution in [0.25, 0.3) is 0 Å². The Balaban J connectivity index is 2.80. The van der Waals surface area contributed by atoms with Crippen LogP contribution in [0.15, 0.2) is 6.20 Å². The summed E-state index contributed by atoms with van der Waals surface area (Å²) in [4.78, 5) is 15.7. The zero-order valence-electron chi connectivity index (χ0n) is 8.62. The highest BCUT2D eigenvalue weighted by atomic mass is 32.1. The number of carbonyl (C=O) groups is 1. The molecule has 1 aromatic heterocycles. The van der Waals surface area contributed by atoms with Gasteiger partial charge in [-0.1, -0.05) is 18.3 Å². The van der Waals surface area contributed by atoms with Gasteiger partial charge < -0.3 is 4.90 Å². The van der Waals surface area contributed by atoms with E-state index in [0.29, 0.717) is 17.6 Å². The number of hydrogen-bond acceptors (Lipinski definition) is 4. The average molecular weight is 252 g/mol. The molecule has 0 aromatic carbocycles. The zero-order valence-corrected chi connectivity index (χ0v) is 9.44. The highest BCUT2D eigenvalue weighted by molar-refractivity contribution is 7.17. The Hall–Kier alpha value is -1.11. The van der Waals surface area contributed by atoms with Crippen molar-refractivity contribution in [3.8, 4) is 0 Å². The first-order valence-electron chi connectivity index (χ1n) is 4.69. The first kappa shape index (κ1) is 13.0. The molecule has 1 aromatic rings. The van der Waals surface area contributed by atoms with Crippen LogP contribution in [-0.4, -0.2) is 30.5 Å². The van der Waals surface area contributed by atoms with E-state index in [-0.39, 0.29) is 11.7 Å². The van der Waals surface area contributed by atoms with E-state index in [4.69, 9.17) is 0 Å². The summed E-state index contributed by atoms with van der Waals surface area (Å²) in [6.07, 6.45) is -1.81. The fourth-order valence-corrected chi connectivity index (χ4v) is 1.96. The molecule has 0 saturated carbocycles. The lowest BCUT2D eigenvalue weighted by molar-refractivity contribution is -0.119. The molecule has 1 heterocycles. The second-order valence-corrected chi connectivity index (χ2v) is 4.24. The molecule has 16 heavy (non-hydrogen) atoms. The van der Waals surface area contributed by atoms with Gasteiger partial charge >= 0.3 is 6.18 Å². The predicted molar refractivity (Wildman–Crippen MR) is 56.1 cm³/mol. The lowest BCUT2D eigenvalue weighted by Gasteiger charge is -2.22. The fraction of sp³-hybridized carbons (Fsp3) is 0.556. The third-order valence-electron chi connectivity index (χ3n) is 1.76. The fourth-order valence-electron chi connectivity index (χ4n) is 1.21. The summed E-state index contributed by atoms with van der Waals surface area (Å²) in [5, 5.41) is 0.237. The quantitative estimate of drug-likeness (QED) is 0.755. The number of hydrogen-bond donors (Lipinski definition) is 0. The molecule has 7 heteroatoms. The van der Waals surface area contributed by atoms with Gasteiger partial charge in [-0.25, -0.2) is 4.98 Å². The van der Waals surface area contributed by atoms with Crippen molar-refractivity contribution in [1.29, 1.82) is 0 Å². The Morgan fingerprint density at radius 2 is 2.25 bits per heavy atom. The third kappa shape index (κ3) is 3.80. The molecule has 0 aliphatic heterocycles. The van der Waals surface area contributed by atoms with E-state index in [1.165, 1.54) is 6.20 Å². The molecule has 0 unspecified atom stereocenters. The Kier molecular flexibility index (Phi) is 4.28. The Labute approximate surface area is 94.9 Å². The second kappa shape index (κ2) is 5.29. The number of carbonyl (C=O) groups excluding carboxylic acids is 1. The number of aromatic nitrogens is 1. The second-order valence-electron chi connectivity index (χ2n) is 3.20. The van der Waals surface area contributed by atoms with Gasteiger partial charge in [-0.05, 0) is 6.42 Å². The molecule has 1 rings (SSSR count). The van der Waals surface area contributed by atoms with E-state index in [9.17, 15) is 18.0 Å². The standard InChI is InChI=1S/C9H11F3N2OS/c1-2-3-14(6-9(10,11)12)8-13-4-7(5-15)16-8/h4-5H,2-3,6H2,1H3. The molecule has 0 bridgehead atoms. The van der Waals surface area contributed by atoms with Gasteiger partial charge in [-0.3, -0.25) is 4.79 Å². The number of alkyl halides is 3. The van der Waals surface area contributed by atoms with Crippen LogP contribution in [0.4, 0.5) is 18.3 Å². The molecule has 0 fully saturated rings. The van der Waals surface area contributed by atoms with Gasteiger partial charge in [-0.15, -0.1) is 0 Å². The van der Waals surface area contributed by atoms with Crippen LogP contribution in [0.2, 0.25) is 0 Å². The summed E-state index contributed by atoms with van der Waals surface area (Å²) in [5.41, 5.74) is 0. The first-order valence-corrected chi connectivity index (χ1v) is 5.50. The summed E-state index contributed by atoms with van der Waals surface area (Å²) < 4.78 is 36.8. The third-order valence-corrected chi connectivity index (χ3v) is 2.75. The van der Waals surface area contributed by atoms with Crippen molar-refractivity contribution in [2.75, 3.05) is 18.0 Å².